The molecule has 0 saturated carbocycles. The number of amides is 2. The Morgan fingerprint density at radius 2 is 2.25 bits per heavy atom. The number of hydrogen-bond acceptors (Lipinski definition) is 5. The largest absolute Gasteiger partial charge is 0.504 e. The topological polar surface area (TPSA) is 66.8 Å². The second-order valence-corrected chi connectivity index (χ2v) is 4.86. The van der Waals surface area contributed by atoms with Crippen molar-refractivity contribution in [2.75, 3.05) is 13.7 Å². The summed E-state index contributed by atoms with van der Waals surface area (Å²) in [5.74, 6) is 2.01. The summed E-state index contributed by atoms with van der Waals surface area (Å²) in [6.45, 7) is -0.0634. The summed E-state index contributed by atoms with van der Waals surface area (Å²) in [6, 6.07) is 4.89. The van der Waals surface area contributed by atoms with Gasteiger partial charge in [-0.3, -0.25) is 14.5 Å². The van der Waals surface area contributed by atoms with Crippen LogP contribution >= 0.6 is 11.8 Å². The van der Waals surface area contributed by atoms with E-state index in [0.29, 0.717) is 11.3 Å². The second kappa shape index (κ2) is 5.72. The molecule has 6 heteroatoms. The quantitative estimate of drug-likeness (QED) is 0.681. The second-order valence-electron chi connectivity index (χ2n) is 3.87. The summed E-state index contributed by atoms with van der Waals surface area (Å²) in [5, 5.41) is 9.53. The van der Waals surface area contributed by atoms with Crippen LogP contribution in [0, 0.1) is 12.3 Å². The van der Waals surface area contributed by atoms with E-state index in [4.69, 9.17) is 11.2 Å². The van der Waals surface area contributed by atoms with E-state index in [9.17, 15) is 14.7 Å². The molecule has 1 aliphatic heterocycles. The van der Waals surface area contributed by atoms with Gasteiger partial charge in [0.1, 0.15) is 0 Å². The van der Waals surface area contributed by atoms with Gasteiger partial charge in [-0.15, -0.1) is 6.42 Å². The Morgan fingerprint density at radius 3 is 2.90 bits per heavy atom. The number of phenolic OH excluding ortho intramolecular Hbond substituents is 1. The molecule has 1 heterocycles. The van der Waals surface area contributed by atoms with E-state index < -0.39 is 11.1 Å². The van der Waals surface area contributed by atoms with Gasteiger partial charge in [0.25, 0.3) is 11.1 Å². The van der Waals surface area contributed by atoms with Crippen LogP contribution in [0.25, 0.3) is 6.08 Å². The molecule has 5 nitrogen and oxygen atoms in total. The van der Waals surface area contributed by atoms with E-state index >= 15 is 0 Å². The van der Waals surface area contributed by atoms with Gasteiger partial charge < -0.3 is 9.84 Å². The number of thioether (sulfide) groups is 1. The first-order chi connectivity index (χ1) is 9.58. The van der Waals surface area contributed by atoms with E-state index in [-0.39, 0.29) is 17.2 Å². The highest BCUT2D eigenvalue weighted by Gasteiger charge is 2.34. The molecule has 0 aliphatic carbocycles. The zero-order valence-electron chi connectivity index (χ0n) is 10.6. The van der Waals surface area contributed by atoms with Crippen LogP contribution in [-0.2, 0) is 4.79 Å². The molecule has 20 heavy (non-hydrogen) atoms. The summed E-state index contributed by atoms with van der Waals surface area (Å²) in [4.78, 5) is 24.8. The molecule has 0 radical (unpaired) electrons. The first-order valence-corrected chi connectivity index (χ1v) is 6.45. The molecule has 0 atom stereocenters. The number of benzene rings is 1. The van der Waals surface area contributed by atoms with Crippen molar-refractivity contribution < 1.29 is 19.4 Å². The lowest BCUT2D eigenvalue weighted by Crippen LogP contribution is -2.28. The maximum atomic E-state index is 12.0. The number of carbonyl (C=O) groups excluding carboxylic acids is 2. The number of aromatic hydroxyl groups is 1. The van der Waals surface area contributed by atoms with Gasteiger partial charge in [0.2, 0.25) is 0 Å². The minimum absolute atomic E-state index is 0.0634. The Balaban J connectivity index is 2.36. The lowest BCUT2D eigenvalue weighted by molar-refractivity contribution is -0.122. The molecular weight excluding hydrogens is 278 g/mol. The highest BCUT2D eigenvalue weighted by atomic mass is 32.2. The van der Waals surface area contributed by atoms with Gasteiger partial charge in [0, 0.05) is 5.56 Å². The molecule has 1 aliphatic rings. The molecule has 1 fully saturated rings. The average Bonchev–Trinajstić information content (AvgIpc) is 2.69. The third-order valence-corrected chi connectivity index (χ3v) is 3.57. The molecule has 1 saturated heterocycles. The van der Waals surface area contributed by atoms with Crippen molar-refractivity contribution in [2.45, 2.75) is 0 Å². The Labute approximate surface area is 120 Å². The fourth-order valence-corrected chi connectivity index (χ4v) is 2.52. The Kier molecular flexibility index (Phi) is 4.01. The predicted octanol–water partition coefficient (Wildman–Crippen LogP) is 2.07. The zero-order valence-corrected chi connectivity index (χ0v) is 11.4. The Morgan fingerprint density at radius 1 is 1.50 bits per heavy atom. The zero-order chi connectivity index (χ0) is 14.7. The summed E-state index contributed by atoms with van der Waals surface area (Å²) >= 11 is 0.790. The maximum Gasteiger partial charge on any atom is 0.294 e. The highest BCUT2D eigenvalue weighted by Crippen LogP contribution is 2.36. The third kappa shape index (κ3) is 2.49. The van der Waals surface area contributed by atoms with Crippen molar-refractivity contribution in [3.05, 3.63) is 28.7 Å². The van der Waals surface area contributed by atoms with Gasteiger partial charge in [-0.05, 0) is 23.9 Å². The van der Waals surface area contributed by atoms with Crippen molar-refractivity contribution in [2.24, 2.45) is 0 Å². The lowest BCUT2D eigenvalue weighted by atomic mass is 10.1. The Bertz CT molecular complexity index is 645. The summed E-state index contributed by atoms with van der Waals surface area (Å²) in [6.07, 6.45) is 6.56. The van der Waals surface area contributed by atoms with Crippen LogP contribution in [0.5, 0.6) is 11.5 Å². The van der Waals surface area contributed by atoms with Crippen molar-refractivity contribution in [1.82, 2.24) is 4.90 Å². The molecule has 1 aromatic rings. The summed E-state index contributed by atoms with van der Waals surface area (Å²) in [5.41, 5.74) is 0.399. The first-order valence-electron chi connectivity index (χ1n) is 5.63. The lowest BCUT2D eigenvalue weighted by Gasteiger charge is -2.07. The van der Waals surface area contributed by atoms with E-state index in [1.165, 1.54) is 13.2 Å². The van der Waals surface area contributed by atoms with E-state index in [1.54, 1.807) is 18.2 Å². The van der Waals surface area contributed by atoms with Gasteiger partial charge in [-0.1, -0.05) is 18.1 Å². The number of nitrogens with zero attached hydrogens (tertiary/aromatic N) is 1. The molecule has 2 rings (SSSR count). The molecule has 0 aromatic heterocycles. The van der Waals surface area contributed by atoms with E-state index in [2.05, 4.69) is 5.92 Å². The van der Waals surface area contributed by atoms with Crippen LogP contribution in [0.2, 0.25) is 0 Å². The standard InChI is InChI=1S/C14H11NO4S/c1-3-7-15-13(17)11(20-14(15)18)8-9-5-4-6-10(19-2)12(9)16/h1,4-6,8,16H,7H2,2H3/b11-8+. The monoisotopic (exact) mass is 289 g/mol. The van der Waals surface area contributed by atoms with Crippen molar-refractivity contribution in [3.63, 3.8) is 0 Å². The first kappa shape index (κ1) is 14.0. The van der Waals surface area contributed by atoms with Crippen LogP contribution < -0.4 is 4.74 Å². The molecule has 0 unspecified atom stereocenters. The maximum absolute atomic E-state index is 12.0. The van der Waals surface area contributed by atoms with Gasteiger partial charge >= 0.3 is 0 Å². The summed E-state index contributed by atoms with van der Waals surface area (Å²) in [7, 11) is 1.43. The number of hydrogen-bond donors (Lipinski definition) is 1. The van der Waals surface area contributed by atoms with Crippen LogP contribution in [0.4, 0.5) is 4.79 Å². The van der Waals surface area contributed by atoms with Gasteiger partial charge in [0.05, 0.1) is 18.6 Å². The van der Waals surface area contributed by atoms with Crippen molar-refractivity contribution >= 4 is 29.0 Å². The number of terminal acetylenes is 1. The van der Waals surface area contributed by atoms with Crippen LogP contribution in [0.1, 0.15) is 5.56 Å². The van der Waals surface area contributed by atoms with Gasteiger partial charge in [0.15, 0.2) is 11.5 Å². The number of para-hydroxylation sites is 1. The van der Waals surface area contributed by atoms with Crippen molar-refractivity contribution in [1.29, 1.82) is 0 Å². The minimum Gasteiger partial charge on any atom is -0.504 e. The fourth-order valence-electron chi connectivity index (χ4n) is 1.69. The highest BCUT2D eigenvalue weighted by molar-refractivity contribution is 8.18. The number of carbonyl (C=O) groups is 2. The molecule has 0 bridgehead atoms. The van der Waals surface area contributed by atoms with Crippen LogP contribution in [0.15, 0.2) is 23.1 Å². The number of imide groups is 1. The van der Waals surface area contributed by atoms with Crippen LogP contribution in [0.3, 0.4) is 0 Å². The third-order valence-electron chi connectivity index (χ3n) is 2.66. The van der Waals surface area contributed by atoms with Crippen molar-refractivity contribution in [3.8, 4) is 23.8 Å². The molecule has 102 valence electrons. The number of phenols is 1. The SMILES string of the molecule is C#CCN1C(=O)S/C(=C/c2cccc(OC)c2O)C1=O. The predicted molar refractivity (Wildman–Crippen MR) is 76.2 cm³/mol. The molecule has 1 aromatic carbocycles. The number of rotatable bonds is 3. The Hall–Kier alpha value is -2.39. The average molecular weight is 289 g/mol. The normalized spacial score (nSPS) is 16.6. The van der Waals surface area contributed by atoms with E-state index in [0.717, 1.165) is 16.7 Å². The van der Waals surface area contributed by atoms with Crippen LogP contribution in [-0.4, -0.2) is 34.8 Å². The van der Waals surface area contributed by atoms with Gasteiger partial charge in [-0.25, -0.2) is 0 Å². The number of methoxy groups -OCH3 is 1. The molecule has 1 N–H and O–H groups in total. The smallest absolute Gasteiger partial charge is 0.294 e. The molecular formula is C14H11NO4S. The van der Waals surface area contributed by atoms with E-state index in [1.807, 2.05) is 0 Å². The minimum atomic E-state index is -0.458. The summed E-state index contributed by atoms with van der Waals surface area (Å²) < 4.78 is 4.98. The number of ether oxygens (including phenoxy) is 1. The fraction of sp³-hybridized carbons (Fsp3) is 0.143. The molecule has 0 spiro atoms. The van der Waals surface area contributed by atoms with Gasteiger partial charge in [-0.2, -0.15) is 0 Å². The molecule has 2 amide bonds.